The fourth-order valence-electron chi connectivity index (χ4n) is 1.84. The molecule has 0 radical (unpaired) electrons. The molecule has 0 saturated carbocycles. The second-order valence-corrected chi connectivity index (χ2v) is 5.31. The van der Waals surface area contributed by atoms with E-state index in [9.17, 15) is 10.1 Å². The second kappa shape index (κ2) is 7.68. The molecule has 0 aliphatic carbocycles. The number of nitriles is 1. The molecule has 0 fully saturated rings. The number of carbonyl (C=O) groups excluding carboxylic acids is 1. The van der Waals surface area contributed by atoms with Crippen LogP contribution in [-0.4, -0.2) is 13.0 Å². The van der Waals surface area contributed by atoms with Crippen LogP contribution in [0.25, 0.3) is 6.08 Å². The quantitative estimate of drug-likeness (QED) is 0.652. The molecule has 0 heterocycles. The Morgan fingerprint density at radius 3 is 2.48 bits per heavy atom. The standard InChI is InChI=1S/C17H12Cl2N2O2/c1-23-13-5-2-4-12(9-13)21-17(22)11(10-20)8-14-15(18)6-3-7-16(14)19/h2-9H,1H3,(H,21,22)/b11-8+. The van der Waals surface area contributed by atoms with Crippen molar-refractivity contribution in [3.63, 3.8) is 0 Å². The average Bonchev–Trinajstić information content (AvgIpc) is 2.54. The van der Waals surface area contributed by atoms with Crippen molar-refractivity contribution >= 4 is 40.9 Å². The molecule has 0 aromatic heterocycles. The maximum absolute atomic E-state index is 12.2. The zero-order chi connectivity index (χ0) is 16.8. The van der Waals surface area contributed by atoms with E-state index in [4.69, 9.17) is 27.9 Å². The Labute approximate surface area is 143 Å². The summed E-state index contributed by atoms with van der Waals surface area (Å²) >= 11 is 12.1. The van der Waals surface area contributed by atoms with Crippen LogP contribution in [-0.2, 0) is 4.79 Å². The van der Waals surface area contributed by atoms with Gasteiger partial charge in [0.1, 0.15) is 17.4 Å². The monoisotopic (exact) mass is 346 g/mol. The molecule has 6 heteroatoms. The Morgan fingerprint density at radius 1 is 1.22 bits per heavy atom. The molecule has 0 spiro atoms. The molecular formula is C17H12Cl2N2O2. The smallest absolute Gasteiger partial charge is 0.266 e. The Balaban J connectivity index is 2.28. The number of anilines is 1. The number of ether oxygens (including phenoxy) is 1. The lowest BCUT2D eigenvalue weighted by Crippen LogP contribution is -2.13. The molecule has 2 rings (SSSR count). The molecule has 116 valence electrons. The number of carbonyl (C=O) groups is 1. The van der Waals surface area contributed by atoms with Gasteiger partial charge in [-0.25, -0.2) is 0 Å². The van der Waals surface area contributed by atoms with Crippen LogP contribution in [0, 0.1) is 11.3 Å². The molecular weight excluding hydrogens is 335 g/mol. The van der Waals surface area contributed by atoms with Gasteiger partial charge in [-0.2, -0.15) is 5.26 Å². The van der Waals surface area contributed by atoms with Gasteiger partial charge in [0.25, 0.3) is 5.91 Å². The summed E-state index contributed by atoms with van der Waals surface area (Å²) in [5, 5.41) is 12.6. The molecule has 23 heavy (non-hydrogen) atoms. The molecule has 0 aliphatic heterocycles. The van der Waals surface area contributed by atoms with Crippen molar-refractivity contribution in [1.82, 2.24) is 0 Å². The third kappa shape index (κ3) is 4.26. The van der Waals surface area contributed by atoms with Crippen LogP contribution in [0.4, 0.5) is 5.69 Å². The molecule has 2 aromatic rings. The Hall–Kier alpha value is -2.48. The first-order valence-electron chi connectivity index (χ1n) is 6.56. The second-order valence-electron chi connectivity index (χ2n) is 4.49. The lowest BCUT2D eigenvalue weighted by molar-refractivity contribution is -0.112. The van der Waals surface area contributed by atoms with Gasteiger partial charge in [-0.05, 0) is 30.3 Å². The van der Waals surface area contributed by atoms with Crippen molar-refractivity contribution < 1.29 is 9.53 Å². The summed E-state index contributed by atoms with van der Waals surface area (Å²) in [4.78, 5) is 12.2. The van der Waals surface area contributed by atoms with E-state index in [1.165, 1.54) is 13.2 Å². The number of hydrogen-bond donors (Lipinski definition) is 1. The number of rotatable bonds is 4. The minimum absolute atomic E-state index is 0.109. The molecule has 0 atom stereocenters. The van der Waals surface area contributed by atoms with Crippen molar-refractivity contribution in [2.24, 2.45) is 0 Å². The molecule has 0 aliphatic rings. The Bertz CT molecular complexity index is 790. The van der Waals surface area contributed by atoms with Crippen molar-refractivity contribution in [1.29, 1.82) is 5.26 Å². The maximum atomic E-state index is 12.2. The van der Waals surface area contributed by atoms with Crippen LogP contribution >= 0.6 is 23.2 Å². The number of methoxy groups -OCH3 is 1. The van der Waals surface area contributed by atoms with E-state index in [-0.39, 0.29) is 5.57 Å². The topological polar surface area (TPSA) is 62.1 Å². The van der Waals surface area contributed by atoms with Gasteiger partial charge in [0, 0.05) is 27.4 Å². The van der Waals surface area contributed by atoms with Crippen LogP contribution in [0.15, 0.2) is 48.0 Å². The Kier molecular flexibility index (Phi) is 5.64. The highest BCUT2D eigenvalue weighted by molar-refractivity contribution is 6.37. The first-order chi connectivity index (χ1) is 11.0. The van der Waals surface area contributed by atoms with E-state index in [1.54, 1.807) is 42.5 Å². The molecule has 0 unspecified atom stereocenters. The summed E-state index contributed by atoms with van der Waals surface area (Å²) in [5.41, 5.74) is 0.830. The summed E-state index contributed by atoms with van der Waals surface area (Å²) < 4.78 is 5.08. The molecule has 1 amide bonds. The van der Waals surface area contributed by atoms with E-state index in [0.29, 0.717) is 27.0 Å². The van der Waals surface area contributed by atoms with Gasteiger partial charge >= 0.3 is 0 Å². The van der Waals surface area contributed by atoms with Gasteiger partial charge in [-0.15, -0.1) is 0 Å². The third-order valence-corrected chi connectivity index (χ3v) is 3.64. The summed E-state index contributed by atoms with van der Waals surface area (Å²) in [6.07, 6.45) is 1.36. The SMILES string of the molecule is COc1cccc(NC(=O)/C(C#N)=C/c2c(Cl)cccc2Cl)c1. The number of nitrogens with one attached hydrogen (secondary N) is 1. The zero-order valence-electron chi connectivity index (χ0n) is 12.1. The van der Waals surface area contributed by atoms with E-state index in [0.717, 1.165) is 0 Å². The van der Waals surface area contributed by atoms with Gasteiger partial charge in [0.15, 0.2) is 0 Å². The minimum Gasteiger partial charge on any atom is -0.497 e. The lowest BCUT2D eigenvalue weighted by Gasteiger charge is -2.07. The van der Waals surface area contributed by atoms with Crippen LogP contribution < -0.4 is 10.1 Å². The third-order valence-electron chi connectivity index (χ3n) is 2.98. The highest BCUT2D eigenvalue weighted by Gasteiger charge is 2.12. The molecule has 0 saturated heterocycles. The normalized spacial score (nSPS) is 10.8. The van der Waals surface area contributed by atoms with Gasteiger partial charge in [-0.3, -0.25) is 4.79 Å². The van der Waals surface area contributed by atoms with Gasteiger partial charge in [-0.1, -0.05) is 35.3 Å². The lowest BCUT2D eigenvalue weighted by atomic mass is 10.1. The first kappa shape index (κ1) is 16.9. The highest BCUT2D eigenvalue weighted by Crippen LogP contribution is 2.27. The number of nitrogens with zero attached hydrogens (tertiary/aromatic N) is 1. The summed E-state index contributed by atoms with van der Waals surface area (Å²) in [6, 6.07) is 13.6. The number of halogens is 2. The zero-order valence-corrected chi connectivity index (χ0v) is 13.7. The van der Waals surface area contributed by atoms with Gasteiger partial charge in [0.2, 0.25) is 0 Å². The van der Waals surface area contributed by atoms with Crippen LogP contribution in [0.1, 0.15) is 5.56 Å². The number of hydrogen-bond acceptors (Lipinski definition) is 3. The summed E-state index contributed by atoms with van der Waals surface area (Å²) in [7, 11) is 1.53. The molecule has 2 aromatic carbocycles. The Morgan fingerprint density at radius 2 is 1.87 bits per heavy atom. The van der Waals surface area contributed by atoms with Gasteiger partial charge in [0.05, 0.1) is 7.11 Å². The van der Waals surface area contributed by atoms with Crippen LogP contribution in [0.3, 0.4) is 0 Å². The van der Waals surface area contributed by atoms with E-state index < -0.39 is 5.91 Å². The largest absolute Gasteiger partial charge is 0.497 e. The van der Waals surface area contributed by atoms with Crippen molar-refractivity contribution in [2.75, 3.05) is 12.4 Å². The van der Waals surface area contributed by atoms with Crippen LogP contribution in [0.2, 0.25) is 10.0 Å². The van der Waals surface area contributed by atoms with Crippen molar-refractivity contribution in [3.05, 3.63) is 63.6 Å². The maximum Gasteiger partial charge on any atom is 0.266 e. The molecule has 4 nitrogen and oxygen atoms in total. The van der Waals surface area contributed by atoms with Crippen LogP contribution in [0.5, 0.6) is 5.75 Å². The highest BCUT2D eigenvalue weighted by atomic mass is 35.5. The minimum atomic E-state index is -0.559. The first-order valence-corrected chi connectivity index (χ1v) is 7.32. The number of amides is 1. The van der Waals surface area contributed by atoms with E-state index in [2.05, 4.69) is 5.32 Å². The molecule has 1 N–H and O–H groups in total. The van der Waals surface area contributed by atoms with E-state index >= 15 is 0 Å². The molecule has 0 bridgehead atoms. The van der Waals surface area contributed by atoms with Crippen molar-refractivity contribution in [3.8, 4) is 11.8 Å². The fraction of sp³-hybridized carbons (Fsp3) is 0.0588. The number of benzene rings is 2. The average molecular weight is 347 g/mol. The van der Waals surface area contributed by atoms with Crippen molar-refractivity contribution in [2.45, 2.75) is 0 Å². The van der Waals surface area contributed by atoms with E-state index in [1.807, 2.05) is 6.07 Å². The predicted molar refractivity (Wildman–Crippen MR) is 91.7 cm³/mol. The summed E-state index contributed by atoms with van der Waals surface area (Å²) in [5.74, 6) is 0.0381. The van der Waals surface area contributed by atoms with Gasteiger partial charge < -0.3 is 10.1 Å². The predicted octanol–water partition coefficient (Wildman–Crippen LogP) is 4.55. The summed E-state index contributed by atoms with van der Waals surface area (Å²) in [6.45, 7) is 0. The fourth-order valence-corrected chi connectivity index (χ4v) is 2.35.